The maximum absolute atomic E-state index is 5.61. The Morgan fingerprint density at radius 2 is 2.29 bits per heavy atom. The average molecular weight is 309 g/mol. The van der Waals surface area contributed by atoms with Crippen molar-refractivity contribution in [2.45, 2.75) is 19.4 Å². The highest BCUT2D eigenvalue weighted by molar-refractivity contribution is 5.85. The Bertz CT molecular complexity index is 472. The summed E-state index contributed by atoms with van der Waals surface area (Å²) < 4.78 is 5.61. The molecule has 0 bridgehead atoms. The minimum atomic E-state index is 0. The fourth-order valence-corrected chi connectivity index (χ4v) is 3.45. The van der Waals surface area contributed by atoms with Crippen LogP contribution in [-0.2, 0) is 6.54 Å². The van der Waals surface area contributed by atoms with Crippen LogP contribution in [0.1, 0.15) is 18.4 Å². The first-order chi connectivity index (χ1) is 9.80. The van der Waals surface area contributed by atoms with E-state index in [-0.39, 0.29) is 12.4 Å². The molecule has 116 valence electrons. The van der Waals surface area contributed by atoms with Gasteiger partial charge in [0.1, 0.15) is 12.4 Å². The van der Waals surface area contributed by atoms with Crippen LogP contribution in [-0.4, -0.2) is 37.7 Å². The number of benzene rings is 1. The molecule has 2 saturated heterocycles. The van der Waals surface area contributed by atoms with Crippen LogP contribution < -0.4 is 10.1 Å². The van der Waals surface area contributed by atoms with Gasteiger partial charge in [-0.05, 0) is 49.0 Å². The van der Waals surface area contributed by atoms with Crippen LogP contribution in [0.4, 0.5) is 0 Å². The van der Waals surface area contributed by atoms with Crippen molar-refractivity contribution < 1.29 is 4.74 Å². The van der Waals surface area contributed by atoms with Gasteiger partial charge >= 0.3 is 0 Å². The molecule has 1 aromatic rings. The highest BCUT2D eigenvalue weighted by atomic mass is 35.5. The van der Waals surface area contributed by atoms with Crippen LogP contribution >= 0.6 is 12.4 Å². The van der Waals surface area contributed by atoms with Crippen LogP contribution in [0.5, 0.6) is 5.75 Å². The van der Waals surface area contributed by atoms with E-state index in [9.17, 15) is 0 Å². The molecule has 0 aromatic heterocycles. The lowest BCUT2D eigenvalue weighted by Crippen LogP contribution is -2.28. The number of halogens is 1. The lowest BCUT2D eigenvalue weighted by Gasteiger charge is -2.23. The summed E-state index contributed by atoms with van der Waals surface area (Å²) in [5.41, 5.74) is 1.89. The van der Waals surface area contributed by atoms with E-state index in [1.807, 2.05) is 6.07 Å². The van der Waals surface area contributed by atoms with Gasteiger partial charge in [0, 0.05) is 19.6 Å². The SMILES string of the molecule is C=CCOc1cccc(CN2CCC3(CCNC3)C2)c1.Cl. The first kappa shape index (κ1) is 16.3. The molecule has 4 heteroatoms. The number of nitrogens with zero attached hydrogens (tertiary/aromatic N) is 1. The van der Waals surface area contributed by atoms with E-state index in [2.05, 4.69) is 35.0 Å². The average Bonchev–Trinajstić information content (AvgIpc) is 3.08. The fraction of sp³-hybridized carbons (Fsp3) is 0.529. The van der Waals surface area contributed by atoms with E-state index < -0.39 is 0 Å². The van der Waals surface area contributed by atoms with Crippen LogP contribution in [0.25, 0.3) is 0 Å². The molecule has 3 rings (SSSR count). The normalized spacial score (nSPS) is 25.0. The van der Waals surface area contributed by atoms with Crippen molar-refractivity contribution in [2.24, 2.45) is 5.41 Å². The van der Waals surface area contributed by atoms with Crippen molar-refractivity contribution in [3.63, 3.8) is 0 Å². The maximum Gasteiger partial charge on any atom is 0.120 e. The number of likely N-dealkylation sites (tertiary alicyclic amines) is 1. The van der Waals surface area contributed by atoms with Crippen LogP contribution in [0.15, 0.2) is 36.9 Å². The van der Waals surface area contributed by atoms with Crippen molar-refractivity contribution in [3.8, 4) is 5.75 Å². The first-order valence-electron chi connectivity index (χ1n) is 7.55. The zero-order chi connectivity index (χ0) is 13.8. The summed E-state index contributed by atoms with van der Waals surface area (Å²) in [5.74, 6) is 0.943. The molecule has 21 heavy (non-hydrogen) atoms. The van der Waals surface area contributed by atoms with E-state index in [0.29, 0.717) is 12.0 Å². The summed E-state index contributed by atoms with van der Waals surface area (Å²) >= 11 is 0. The number of ether oxygens (including phenoxy) is 1. The van der Waals surface area contributed by atoms with Crippen molar-refractivity contribution in [1.82, 2.24) is 10.2 Å². The largest absolute Gasteiger partial charge is 0.490 e. The molecule has 2 aliphatic heterocycles. The first-order valence-corrected chi connectivity index (χ1v) is 7.55. The summed E-state index contributed by atoms with van der Waals surface area (Å²) in [6, 6.07) is 8.44. The van der Waals surface area contributed by atoms with Gasteiger partial charge in [0.2, 0.25) is 0 Å². The Balaban J connectivity index is 0.00000161. The van der Waals surface area contributed by atoms with Crippen molar-refractivity contribution in [1.29, 1.82) is 0 Å². The lowest BCUT2D eigenvalue weighted by atomic mass is 9.86. The molecule has 1 spiro atoms. The smallest absolute Gasteiger partial charge is 0.120 e. The van der Waals surface area contributed by atoms with E-state index in [0.717, 1.165) is 12.3 Å². The summed E-state index contributed by atoms with van der Waals surface area (Å²) in [6.07, 6.45) is 4.46. The lowest BCUT2D eigenvalue weighted by molar-refractivity contribution is 0.268. The van der Waals surface area contributed by atoms with E-state index in [1.165, 1.54) is 44.6 Å². The maximum atomic E-state index is 5.61. The third-order valence-corrected chi connectivity index (χ3v) is 4.52. The predicted molar refractivity (Wildman–Crippen MR) is 89.2 cm³/mol. The minimum absolute atomic E-state index is 0. The third kappa shape index (κ3) is 4.00. The third-order valence-electron chi connectivity index (χ3n) is 4.52. The number of hydrogen-bond donors (Lipinski definition) is 1. The van der Waals surface area contributed by atoms with Crippen molar-refractivity contribution in [3.05, 3.63) is 42.5 Å². The molecule has 2 heterocycles. The Kier molecular flexibility index (Phi) is 5.68. The molecule has 1 aromatic carbocycles. The van der Waals surface area contributed by atoms with Gasteiger partial charge in [0.25, 0.3) is 0 Å². The Morgan fingerprint density at radius 3 is 3.05 bits per heavy atom. The van der Waals surface area contributed by atoms with Gasteiger partial charge in [-0.1, -0.05) is 24.8 Å². The van der Waals surface area contributed by atoms with Gasteiger partial charge in [-0.25, -0.2) is 0 Å². The van der Waals surface area contributed by atoms with Crippen molar-refractivity contribution in [2.75, 3.05) is 32.8 Å². The molecule has 1 atom stereocenters. The minimum Gasteiger partial charge on any atom is -0.490 e. The molecule has 0 aliphatic carbocycles. The highest BCUT2D eigenvalue weighted by Crippen LogP contribution is 2.36. The zero-order valence-electron chi connectivity index (χ0n) is 12.5. The highest BCUT2D eigenvalue weighted by Gasteiger charge is 2.39. The van der Waals surface area contributed by atoms with Crippen molar-refractivity contribution >= 4 is 12.4 Å². The molecule has 2 fully saturated rings. The standard InChI is InChI=1S/C17H24N2O.ClH/c1-2-10-20-16-5-3-4-15(11-16)12-19-9-7-17(14-19)6-8-18-13-17;/h2-5,11,18H,1,6-10,12-14H2;1H. The second-order valence-electron chi connectivity index (χ2n) is 6.13. The van der Waals surface area contributed by atoms with Gasteiger partial charge in [0.05, 0.1) is 0 Å². The van der Waals surface area contributed by atoms with Crippen LogP contribution in [0.2, 0.25) is 0 Å². The Morgan fingerprint density at radius 1 is 1.38 bits per heavy atom. The predicted octanol–water partition coefficient (Wildman–Crippen LogP) is 2.86. The van der Waals surface area contributed by atoms with E-state index >= 15 is 0 Å². The molecular formula is C17H25ClN2O. The fourth-order valence-electron chi connectivity index (χ4n) is 3.45. The van der Waals surface area contributed by atoms with Crippen LogP contribution in [0, 0.1) is 5.41 Å². The topological polar surface area (TPSA) is 24.5 Å². The summed E-state index contributed by atoms with van der Waals surface area (Å²) in [7, 11) is 0. The molecule has 0 amide bonds. The Labute approximate surface area is 133 Å². The second-order valence-corrected chi connectivity index (χ2v) is 6.13. The summed E-state index contributed by atoms with van der Waals surface area (Å²) in [4.78, 5) is 2.58. The van der Waals surface area contributed by atoms with Gasteiger partial charge in [-0.15, -0.1) is 12.4 Å². The van der Waals surface area contributed by atoms with Crippen LogP contribution in [0.3, 0.4) is 0 Å². The number of hydrogen-bond acceptors (Lipinski definition) is 3. The number of nitrogens with one attached hydrogen (secondary N) is 1. The molecule has 1 N–H and O–H groups in total. The van der Waals surface area contributed by atoms with Gasteiger partial charge in [-0.2, -0.15) is 0 Å². The quantitative estimate of drug-likeness (QED) is 0.847. The van der Waals surface area contributed by atoms with E-state index in [1.54, 1.807) is 6.08 Å². The number of rotatable bonds is 5. The molecule has 3 nitrogen and oxygen atoms in total. The molecule has 0 saturated carbocycles. The van der Waals surface area contributed by atoms with Gasteiger partial charge in [0.15, 0.2) is 0 Å². The zero-order valence-corrected chi connectivity index (χ0v) is 13.3. The molecule has 1 unspecified atom stereocenters. The second kappa shape index (κ2) is 7.30. The monoisotopic (exact) mass is 308 g/mol. The van der Waals surface area contributed by atoms with Gasteiger partial charge < -0.3 is 10.1 Å². The molecule has 0 radical (unpaired) electrons. The molecule has 2 aliphatic rings. The Hall–Kier alpha value is -1.03. The molecular weight excluding hydrogens is 284 g/mol. The van der Waals surface area contributed by atoms with E-state index in [4.69, 9.17) is 4.74 Å². The summed E-state index contributed by atoms with van der Waals surface area (Å²) in [5, 5.41) is 3.52. The van der Waals surface area contributed by atoms with Gasteiger partial charge in [-0.3, -0.25) is 4.90 Å². The summed E-state index contributed by atoms with van der Waals surface area (Å²) in [6.45, 7) is 10.1.